The SMILES string of the molecule is Cc1cccc(N2C(=O)C(O)=C(C(=O)c3cc4cc(Cl)ccc4o3)C2c2cccnc2)c1C. The van der Waals surface area contributed by atoms with Crippen LogP contribution in [0, 0.1) is 13.8 Å². The number of rotatable bonds is 4. The molecule has 5 rings (SSSR count). The third kappa shape index (κ3) is 3.39. The lowest BCUT2D eigenvalue weighted by atomic mass is 9.95. The number of amides is 1. The molecule has 1 amide bonds. The Morgan fingerprint density at radius 2 is 1.94 bits per heavy atom. The maximum atomic E-state index is 13.6. The Kier molecular flexibility index (Phi) is 5.02. The summed E-state index contributed by atoms with van der Waals surface area (Å²) in [7, 11) is 0. The van der Waals surface area contributed by atoms with Gasteiger partial charge in [0.15, 0.2) is 11.5 Å². The first-order chi connectivity index (χ1) is 15.9. The number of aliphatic hydroxyl groups is 1. The van der Waals surface area contributed by atoms with Gasteiger partial charge in [0.25, 0.3) is 5.91 Å². The van der Waals surface area contributed by atoms with E-state index in [0.29, 0.717) is 27.2 Å². The number of pyridine rings is 1. The summed E-state index contributed by atoms with van der Waals surface area (Å²) >= 11 is 6.06. The van der Waals surface area contributed by atoms with Crippen LogP contribution < -0.4 is 4.90 Å². The molecule has 4 aromatic rings. The number of nitrogens with zero attached hydrogens (tertiary/aromatic N) is 2. The molecule has 0 saturated carbocycles. The van der Waals surface area contributed by atoms with Gasteiger partial charge < -0.3 is 9.52 Å². The fourth-order valence-corrected chi connectivity index (χ4v) is 4.37. The summed E-state index contributed by atoms with van der Waals surface area (Å²) in [5.74, 6) is -1.82. The van der Waals surface area contributed by atoms with Crippen LogP contribution in [-0.4, -0.2) is 21.8 Å². The van der Waals surface area contributed by atoms with Gasteiger partial charge in [-0.2, -0.15) is 0 Å². The lowest BCUT2D eigenvalue weighted by molar-refractivity contribution is -0.117. The van der Waals surface area contributed by atoms with Gasteiger partial charge in [-0.05, 0) is 66.9 Å². The molecule has 1 aliphatic heterocycles. The number of carbonyl (C=O) groups is 2. The van der Waals surface area contributed by atoms with E-state index in [2.05, 4.69) is 4.98 Å². The highest BCUT2D eigenvalue weighted by Gasteiger charge is 2.46. The smallest absolute Gasteiger partial charge is 0.294 e. The lowest BCUT2D eigenvalue weighted by Crippen LogP contribution is -2.31. The number of aromatic nitrogens is 1. The summed E-state index contributed by atoms with van der Waals surface area (Å²) in [6.07, 6.45) is 3.19. The molecule has 164 valence electrons. The molecule has 0 aliphatic carbocycles. The van der Waals surface area contributed by atoms with Crippen molar-refractivity contribution in [1.82, 2.24) is 4.98 Å². The van der Waals surface area contributed by atoms with Crippen LogP contribution in [0.4, 0.5) is 5.69 Å². The van der Waals surface area contributed by atoms with E-state index in [0.717, 1.165) is 11.1 Å². The Labute approximate surface area is 194 Å². The minimum absolute atomic E-state index is 0.0123. The maximum absolute atomic E-state index is 13.6. The van der Waals surface area contributed by atoms with Gasteiger partial charge in [0.1, 0.15) is 5.58 Å². The van der Waals surface area contributed by atoms with E-state index in [-0.39, 0.29) is 11.3 Å². The maximum Gasteiger partial charge on any atom is 0.294 e. The third-order valence-electron chi connectivity index (χ3n) is 5.99. The number of aryl methyl sites for hydroxylation is 1. The van der Waals surface area contributed by atoms with Crippen LogP contribution in [0.25, 0.3) is 11.0 Å². The first kappa shape index (κ1) is 21.0. The molecule has 0 spiro atoms. The van der Waals surface area contributed by atoms with E-state index in [1.54, 1.807) is 54.9 Å². The van der Waals surface area contributed by atoms with Crippen LogP contribution in [0.3, 0.4) is 0 Å². The quantitative estimate of drug-likeness (QED) is 0.386. The largest absolute Gasteiger partial charge is 0.503 e. The molecule has 2 aromatic carbocycles. The van der Waals surface area contributed by atoms with Crippen LogP contribution in [-0.2, 0) is 4.79 Å². The molecular weight excluding hydrogens is 440 g/mol. The van der Waals surface area contributed by atoms with Crippen LogP contribution >= 0.6 is 11.6 Å². The van der Waals surface area contributed by atoms with Crippen LogP contribution in [0.1, 0.15) is 33.3 Å². The highest BCUT2D eigenvalue weighted by atomic mass is 35.5. The number of anilines is 1. The number of carbonyl (C=O) groups excluding carboxylic acids is 2. The zero-order valence-corrected chi connectivity index (χ0v) is 18.6. The van der Waals surface area contributed by atoms with Gasteiger partial charge in [0, 0.05) is 28.5 Å². The molecule has 3 heterocycles. The molecule has 0 saturated heterocycles. The van der Waals surface area contributed by atoms with Crippen LogP contribution in [0.2, 0.25) is 5.02 Å². The van der Waals surface area contributed by atoms with Gasteiger partial charge >= 0.3 is 0 Å². The number of benzene rings is 2. The topological polar surface area (TPSA) is 83.6 Å². The number of fused-ring (bicyclic) bond motifs is 1. The zero-order chi connectivity index (χ0) is 23.3. The fraction of sp³-hybridized carbons (Fsp3) is 0.115. The standard InChI is InChI=1S/C26H19ClN2O4/c1-14-5-3-7-19(15(14)2)29-23(16-6-4-10-28-13-16)22(25(31)26(29)32)24(30)21-12-17-11-18(27)8-9-20(17)33-21/h3-13,23,31H,1-2H3. The number of ketones is 1. The van der Waals surface area contributed by atoms with E-state index in [9.17, 15) is 14.7 Å². The normalized spacial score (nSPS) is 16.2. The second kappa shape index (κ2) is 7.90. The molecule has 1 N–H and O–H groups in total. The highest BCUT2D eigenvalue weighted by Crippen LogP contribution is 2.43. The van der Waals surface area contributed by atoms with Crippen LogP contribution in [0.15, 0.2) is 82.7 Å². The van der Waals surface area contributed by atoms with Crippen LogP contribution in [0.5, 0.6) is 0 Å². The van der Waals surface area contributed by atoms with Gasteiger partial charge in [0.05, 0.1) is 11.6 Å². The Morgan fingerprint density at radius 3 is 2.70 bits per heavy atom. The summed E-state index contributed by atoms with van der Waals surface area (Å²) in [6, 6.07) is 14.8. The predicted molar refractivity (Wildman–Crippen MR) is 126 cm³/mol. The molecule has 2 aromatic heterocycles. The first-order valence-corrected chi connectivity index (χ1v) is 10.7. The summed E-state index contributed by atoms with van der Waals surface area (Å²) in [4.78, 5) is 32.6. The molecule has 7 heteroatoms. The van der Waals surface area contributed by atoms with Gasteiger partial charge in [-0.25, -0.2) is 0 Å². The number of furan rings is 1. The molecule has 1 atom stereocenters. The number of halogens is 1. The van der Waals surface area contributed by atoms with E-state index < -0.39 is 23.5 Å². The monoisotopic (exact) mass is 458 g/mol. The Balaban J connectivity index is 1.68. The van der Waals surface area contributed by atoms with Crippen molar-refractivity contribution in [2.75, 3.05) is 4.90 Å². The minimum Gasteiger partial charge on any atom is -0.503 e. The Morgan fingerprint density at radius 1 is 1.12 bits per heavy atom. The van der Waals surface area contributed by atoms with Crippen molar-refractivity contribution in [2.24, 2.45) is 0 Å². The number of Topliss-reactive ketones (excluding diaryl/α,β-unsaturated/α-hetero) is 1. The summed E-state index contributed by atoms with van der Waals surface area (Å²) in [5.41, 5.74) is 3.49. The van der Waals surface area contributed by atoms with E-state index in [1.165, 1.54) is 4.90 Å². The molecule has 1 aliphatic rings. The minimum atomic E-state index is -0.865. The molecule has 0 radical (unpaired) electrons. The molecule has 1 unspecified atom stereocenters. The summed E-state index contributed by atoms with van der Waals surface area (Å²) < 4.78 is 5.75. The Bertz CT molecular complexity index is 1460. The molecular formula is C26H19ClN2O4. The fourth-order valence-electron chi connectivity index (χ4n) is 4.19. The first-order valence-electron chi connectivity index (χ1n) is 10.3. The van der Waals surface area contributed by atoms with Crippen molar-refractivity contribution >= 4 is 39.9 Å². The summed E-state index contributed by atoms with van der Waals surface area (Å²) in [5, 5.41) is 12.1. The second-order valence-electron chi connectivity index (χ2n) is 7.97. The van der Waals surface area contributed by atoms with Gasteiger partial charge in [-0.1, -0.05) is 29.8 Å². The van der Waals surface area contributed by atoms with Crippen molar-refractivity contribution in [3.05, 3.63) is 106 Å². The Hall–Kier alpha value is -3.90. The van der Waals surface area contributed by atoms with E-state index in [4.69, 9.17) is 16.0 Å². The lowest BCUT2D eigenvalue weighted by Gasteiger charge is -2.28. The van der Waals surface area contributed by atoms with Gasteiger partial charge in [-0.15, -0.1) is 0 Å². The molecule has 0 bridgehead atoms. The second-order valence-corrected chi connectivity index (χ2v) is 8.40. The summed E-state index contributed by atoms with van der Waals surface area (Å²) in [6.45, 7) is 3.84. The van der Waals surface area contributed by atoms with E-state index >= 15 is 0 Å². The van der Waals surface area contributed by atoms with Gasteiger partial charge in [-0.3, -0.25) is 19.5 Å². The average molecular weight is 459 g/mol. The van der Waals surface area contributed by atoms with Crippen molar-refractivity contribution < 1.29 is 19.1 Å². The van der Waals surface area contributed by atoms with Crippen molar-refractivity contribution in [1.29, 1.82) is 0 Å². The molecule has 6 nitrogen and oxygen atoms in total. The molecule has 0 fully saturated rings. The molecule has 33 heavy (non-hydrogen) atoms. The highest BCUT2D eigenvalue weighted by molar-refractivity contribution is 6.31. The van der Waals surface area contributed by atoms with Crippen molar-refractivity contribution in [3.63, 3.8) is 0 Å². The number of hydrogen-bond acceptors (Lipinski definition) is 5. The van der Waals surface area contributed by atoms with Gasteiger partial charge in [0.2, 0.25) is 5.78 Å². The third-order valence-corrected chi connectivity index (χ3v) is 6.23. The number of aliphatic hydroxyl groups excluding tert-OH is 1. The van der Waals surface area contributed by atoms with E-state index in [1.807, 2.05) is 26.0 Å². The average Bonchev–Trinajstić information content (AvgIpc) is 3.34. The predicted octanol–water partition coefficient (Wildman–Crippen LogP) is 5.88. The zero-order valence-electron chi connectivity index (χ0n) is 17.9. The van der Waals surface area contributed by atoms with Crippen molar-refractivity contribution in [2.45, 2.75) is 19.9 Å². The number of hydrogen-bond donors (Lipinski definition) is 1. The van der Waals surface area contributed by atoms with Crippen molar-refractivity contribution in [3.8, 4) is 0 Å².